The van der Waals surface area contributed by atoms with Gasteiger partial charge < -0.3 is 9.47 Å². The van der Waals surface area contributed by atoms with Gasteiger partial charge >= 0.3 is 6.61 Å². The van der Waals surface area contributed by atoms with Crippen LogP contribution in [-0.2, 0) is 0 Å². The lowest BCUT2D eigenvalue weighted by atomic mass is 10.1. The molecule has 3 nitrogen and oxygen atoms in total. The third-order valence-corrected chi connectivity index (χ3v) is 2.97. The van der Waals surface area contributed by atoms with Crippen LogP contribution in [0.2, 0.25) is 0 Å². The molecule has 0 saturated carbocycles. The summed E-state index contributed by atoms with van der Waals surface area (Å²) in [6.07, 6.45) is 3.03. The van der Waals surface area contributed by atoms with Gasteiger partial charge in [-0.15, -0.1) is 0 Å². The van der Waals surface area contributed by atoms with Crippen molar-refractivity contribution < 1.29 is 23.0 Å². The van der Waals surface area contributed by atoms with E-state index < -0.39 is 6.61 Å². The number of carbonyl (C=O) groups excluding carboxylic acids is 1. The van der Waals surface area contributed by atoms with Crippen LogP contribution >= 0.6 is 0 Å². The van der Waals surface area contributed by atoms with E-state index in [4.69, 9.17) is 4.74 Å². The SMILES string of the molecule is CCOc1cc(/C=C/C(=O)c2ccccc2)ccc1OC(F)F. The van der Waals surface area contributed by atoms with Gasteiger partial charge in [0.25, 0.3) is 0 Å². The van der Waals surface area contributed by atoms with E-state index in [9.17, 15) is 13.6 Å². The Labute approximate surface area is 133 Å². The van der Waals surface area contributed by atoms with Crippen LogP contribution in [0.25, 0.3) is 6.08 Å². The summed E-state index contributed by atoms with van der Waals surface area (Å²) in [4.78, 5) is 12.0. The quantitative estimate of drug-likeness (QED) is 0.553. The van der Waals surface area contributed by atoms with Crippen LogP contribution < -0.4 is 9.47 Å². The van der Waals surface area contributed by atoms with E-state index >= 15 is 0 Å². The molecule has 0 aromatic heterocycles. The second-order valence-corrected chi connectivity index (χ2v) is 4.58. The fraction of sp³-hybridized carbons (Fsp3) is 0.167. The van der Waals surface area contributed by atoms with Crippen LogP contribution in [0.5, 0.6) is 11.5 Å². The van der Waals surface area contributed by atoms with E-state index in [1.165, 1.54) is 12.1 Å². The van der Waals surface area contributed by atoms with Crippen LogP contribution in [0.15, 0.2) is 54.6 Å². The largest absolute Gasteiger partial charge is 0.490 e. The minimum absolute atomic E-state index is 0.0339. The van der Waals surface area contributed by atoms with Crippen LogP contribution in [0, 0.1) is 0 Å². The first kappa shape index (κ1) is 16.7. The van der Waals surface area contributed by atoms with Gasteiger partial charge in [0.15, 0.2) is 17.3 Å². The molecule has 0 saturated heterocycles. The zero-order valence-electron chi connectivity index (χ0n) is 12.5. The fourth-order valence-corrected chi connectivity index (χ4v) is 1.96. The maximum atomic E-state index is 12.3. The Kier molecular flexibility index (Phi) is 5.86. The van der Waals surface area contributed by atoms with Gasteiger partial charge in [0, 0.05) is 5.56 Å². The molecule has 0 spiro atoms. The summed E-state index contributed by atoms with van der Waals surface area (Å²) in [5, 5.41) is 0. The molecule has 0 bridgehead atoms. The molecular formula is C18H16F2O3. The van der Waals surface area contributed by atoms with E-state index in [1.54, 1.807) is 49.4 Å². The van der Waals surface area contributed by atoms with Crippen molar-refractivity contribution in [1.29, 1.82) is 0 Å². The molecule has 120 valence electrons. The smallest absolute Gasteiger partial charge is 0.387 e. The maximum absolute atomic E-state index is 12.3. The van der Waals surface area contributed by atoms with Crippen molar-refractivity contribution >= 4 is 11.9 Å². The van der Waals surface area contributed by atoms with Gasteiger partial charge in [0.2, 0.25) is 0 Å². The average molecular weight is 318 g/mol. The molecule has 0 aliphatic rings. The Hall–Kier alpha value is -2.69. The topological polar surface area (TPSA) is 35.5 Å². The predicted molar refractivity (Wildman–Crippen MR) is 84.0 cm³/mol. The van der Waals surface area contributed by atoms with Crippen molar-refractivity contribution in [2.24, 2.45) is 0 Å². The number of ketones is 1. The second-order valence-electron chi connectivity index (χ2n) is 4.58. The number of hydrogen-bond acceptors (Lipinski definition) is 3. The molecular weight excluding hydrogens is 302 g/mol. The van der Waals surface area contributed by atoms with Gasteiger partial charge in [0.1, 0.15) is 0 Å². The molecule has 0 atom stereocenters. The molecule has 2 aromatic rings. The van der Waals surface area contributed by atoms with Crippen LogP contribution in [-0.4, -0.2) is 19.0 Å². The van der Waals surface area contributed by atoms with Gasteiger partial charge in [0.05, 0.1) is 6.61 Å². The lowest BCUT2D eigenvalue weighted by molar-refractivity contribution is -0.0514. The number of rotatable bonds is 7. The number of alkyl halides is 2. The highest BCUT2D eigenvalue weighted by molar-refractivity contribution is 6.06. The molecule has 0 aliphatic carbocycles. The van der Waals surface area contributed by atoms with Gasteiger partial charge in [-0.25, -0.2) is 0 Å². The summed E-state index contributed by atoms with van der Waals surface area (Å²) < 4.78 is 34.4. The van der Waals surface area contributed by atoms with Crippen molar-refractivity contribution in [2.45, 2.75) is 13.5 Å². The Morgan fingerprint density at radius 1 is 1.13 bits per heavy atom. The summed E-state index contributed by atoms with van der Waals surface area (Å²) in [5.74, 6) is 0.0342. The molecule has 0 amide bonds. The first-order chi connectivity index (χ1) is 11.1. The summed E-state index contributed by atoms with van der Waals surface area (Å²) >= 11 is 0. The zero-order valence-corrected chi connectivity index (χ0v) is 12.5. The predicted octanol–water partition coefficient (Wildman–Crippen LogP) is 4.58. The Balaban J connectivity index is 2.18. The standard InChI is InChI=1S/C18H16F2O3/c1-2-22-17-12-13(9-11-16(17)23-18(19)20)8-10-15(21)14-6-4-3-5-7-14/h3-12,18H,2H2,1H3/b10-8+. The molecule has 23 heavy (non-hydrogen) atoms. The highest BCUT2D eigenvalue weighted by atomic mass is 19.3. The van der Waals surface area contributed by atoms with Crippen LogP contribution in [0.4, 0.5) is 8.78 Å². The molecule has 2 rings (SSSR count). The van der Waals surface area contributed by atoms with Gasteiger partial charge in [-0.3, -0.25) is 4.79 Å². The van der Waals surface area contributed by atoms with Gasteiger partial charge in [-0.1, -0.05) is 42.5 Å². The number of allylic oxidation sites excluding steroid dienone is 1. The summed E-state index contributed by atoms with van der Waals surface area (Å²) in [6, 6.07) is 13.4. The van der Waals surface area contributed by atoms with E-state index in [2.05, 4.69) is 4.74 Å². The van der Waals surface area contributed by atoms with Crippen molar-refractivity contribution in [3.05, 3.63) is 65.7 Å². The van der Waals surface area contributed by atoms with Crippen molar-refractivity contribution in [1.82, 2.24) is 0 Å². The molecule has 0 N–H and O–H groups in total. The van der Waals surface area contributed by atoms with E-state index in [-0.39, 0.29) is 17.3 Å². The first-order valence-corrected chi connectivity index (χ1v) is 7.09. The number of ether oxygens (including phenoxy) is 2. The van der Waals surface area contributed by atoms with Crippen LogP contribution in [0.3, 0.4) is 0 Å². The molecule has 5 heteroatoms. The average Bonchev–Trinajstić information content (AvgIpc) is 2.55. The molecule has 0 fully saturated rings. The lowest BCUT2D eigenvalue weighted by Gasteiger charge is -2.11. The third kappa shape index (κ3) is 4.92. The van der Waals surface area contributed by atoms with Crippen LogP contribution in [0.1, 0.15) is 22.8 Å². The monoisotopic (exact) mass is 318 g/mol. The Bertz CT molecular complexity index is 682. The minimum atomic E-state index is -2.92. The number of hydrogen-bond donors (Lipinski definition) is 0. The number of benzene rings is 2. The number of halogens is 2. The Morgan fingerprint density at radius 2 is 1.87 bits per heavy atom. The first-order valence-electron chi connectivity index (χ1n) is 7.09. The van der Waals surface area contributed by atoms with Gasteiger partial charge in [-0.2, -0.15) is 8.78 Å². The fourth-order valence-electron chi connectivity index (χ4n) is 1.96. The molecule has 0 unspecified atom stereocenters. The molecule has 0 radical (unpaired) electrons. The van der Waals surface area contributed by atoms with E-state index in [0.717, 1.165) is 0 Å². The summed E-state index contributed by atoms with van der Waals surface area (Å²) in [5.41, 5.74) is 1.23. The highest BCUT2D eigenvalue weighted by Crippen LogP contribution is 2.30. The van der Waals surface area contributed by atoms with Crippen molar-refractivity contribution in [2.75, 3.05) is 6.61 Å². The minimum Gasteiger partial charge on any atom is -0.490 e. The Morgan fingerprint density at radius 3 is 2.52 bits per heavy atom. The second kappa shape index (κ2) is 8.08. The zero-order chi connectivity index (χ0) is 16.7. The third-order valence-electron chi connectivity index (χ3n) is 2.97. The highest BCUT2D eigenvalue weighted by Gasteiger charge is 2.11. The van der Waals surface area contributed by atoms with E-state index in [1.807, 2.05) is 6.07 Å². The lowest BCUT2D eigenvalue weighted by Crippen LogP contribution is -2.04. The number of carbonyl (C=O) groups is 1. The normalized spacial score (nSPS) is 11.0. The van der Waals surface area contributed by atoms with E-state index in [0.29, 0.717) is 17.7 Å². The van der Waals surface area contributed by atoms with Crippen molar-refractivity contribution in [3.8, 4) is 11.5 Å². The molecule has 0 heterocycles. The van der Waals surface area contributed by atoms with Crippen molar-refractivity contribution in [3.63, 3.8) is 0 Å². The molecule has 2 aromatic carbocycles. The van der Waals surface area contributed by atoms with Gasteiger partial charge in [-0.05, 0) is 30.7 Å². The molecule has 0 aliphatic heterocycles. The maximum Gasteiger partial charge on any atom is 0.387 e. The summed E-state index contributed by atoms with van der Waals surface area (Å²) in [6.45, 7) is -0.862. The summed E-state index contributed by atoms with van der Waals surface area (Å²) in [7, 11) is 0.